The number of hydrogen-bond donors (Lipinski definition) is 1. The summed E-state index contributed by atoms with van der Waals surface area (Å²) in [4.78, 5) is 11.3. The van der Waals surface area contributed by atoms with Crippen molar-refractivity contribution in [2.75, 3.05) is 6.61 Å². The molecule has 0 aliphatic carbocycles. The average molecular weight is 286 g/mol. The molecule has 1 aromatic rings. The number of hydrogen-bond acceptors (Lipinski definition) is 4. The molecule has 0 saturated carbocycles. The van der Waals surface area contributed by atoms with Crippen LogP contribution in [0.2, 0.25) is 0 Å². The molecule has 0 aliphatic heterocycles. The zero-order chi connectivity index (χ0) is 14.3. The molecule has 0 radical (unpaired) electrons. The maximum absolute atomic E-state index is 11.5. The van der Waals surface area contributed by atoms with E-state index in [0.29, 0.717) is 12.2 Å². The van der Waals surface area contributed by atoms with E-state index in [9.17, 15) is 13.2 Å². The summed E-state index contributed by atoms with van der Waals surface area (Å²) in [5.74, 6) is 0.420. The molecular weight excluding hydrogens is 268 g/mol. The number of unbranched alkanes of at least 4 members (excludes halogenated alkanes) is 2. The van der Waals surface area contributed by atoms with Crippen LogP contribution in [0.3, 0.4) is 0 Å². The van der Waals surface area contributed by atoms with Crippen molar-refractivity contribution in [2.45, 2.75) is 37.5 Å². The summed E-state index contributed by atoms with van der Waals surface area (Å²) in [5, 5.41) is 0. The molecule has 1 rings (SSSR count). The van der Waals surface area contributed by atoms with Gasteiger partial charge in [0.1, 0.15) is 12.4 Å². The highest BCUT2D eigenvalue weighted by atomic mass is 32.2. The van der Waals surface area contributed by atoms with Crippen LogP contribution in [0.5, 0.6) is 5.75 Å². The molecule has 0 atom stereocenters. The summed E-state index contributed by atoms with van der Waals surface area (Å²) in [6.45, 7) is 2.05. The quantitative estimate of drug-likeness (QED) is 0.586. The lowest BCUT2D eigenvalue weighted by atomic mass is 10.1. The Kier molecular flexibility index (Phi) is 5.98. The number of carbonyl (C=O) groups is 1. The second-order valence-electron chi connectivity index (χ2n) is 4.23. The Bertz CT molecular complexity index is 504. The molecule has 0 saturated heterocycles. The second-order valence-corrected chi connectivity index (χ2v) is 5.65. The van der Waals surface area contributed by atoms with E-state index < -0.39 is 10.1 Å². The van der Waals surface area contributed by atoms with Gasteiger partial charge >= 0.3 is 0 Å². The predicted molar refractivity (Wildman–Crippen MR) is 70.9 cm³/mol. The van der Waals surface area contributed by atoms with Crippen LogP contribution in [0.25, 0.3) is 0 Å². The first-order chi connectivity index (χ1) is 8.93. The summed E-state index contributed by atoms with van der Waals surface area (Å²) in [5.41, 5.74) is 0. The van der Waals surface area contributed by atoms with Crippen LogP contribution < -0.4 is 4.74 Å². The van der Waals surface area contributed by atoms with E-state index in [-0.39, 0.29) is 17.3 Å². The number of ketones is 1. The Morgan fingerprint density at radius 3 is 2.37 bits per heavy atom. The van der Waals surface area contributed by atoms with Gasteiger partial charge in [-0.25, -0.2) is 0 Å². The number of benzene rings is 1. The van der Waals surface area contributed by atoms with Crippen molar-refractivity contribution in [1.29, 1.82) is 0 Å². The highest BCUT2D eigenvalue weighted by Gasteiger charge is 2.09. The van der Waals surface area contributed by atoms with Gasteiger partial charge in [-0.2, -0.15) is 8.42 Å². The molecule has 1 N–H and O–H groups in total. The molecule has 0 aromatic heterocycles. The van der Waals surface area contributed by atoms with Crippen LogP contribution in [-0.2, 0) is 14.9 Å². The molecule has 1 aromatic carbocycles. The van der Waals surface area contributed by atoms with Gasteiger partial charge < -0.3 is 4.74 Å². The van der Waals surface area contributed by atoms with Crippen LogP contribution in [0, 0.1) is 0 Å². The topological polar surface area (TPSA) is 80.7 Å². The lowest BCUT2D eigenvalue weighted by Gasteiger charge is -2.05. The zero-order valence-corrected chi connectivity index (χ0v) is 11.6. The summed E-state index contributed by atoms with van der Waals surface area (Å²) < 4.78 is 35.7. The fraction of sp³-hybridized carbons (Fsp3) is 0.462. The van der Waals surface area contributed by atoms with E-state index >= 15 is 0 Å². The summed E-state index contributed by atoms with van der Waals surface area (Å²) in [6.07, 6.45) is 3.44. The van der Waals surface area contributed by atoms with Gasteiger partial charge in [-0.3, -0.25) is 9.35 Å². The zero-order valence-electron chi connectivity index (χ0n) is 10.8. The molecule has 6 heteroatoms. The Labute approximate surface area is 113 Å². The number of Topliss-reactive ketones (excluding diaryl/α,β-unsaturated/α-hetero) is 1. The lowest BCUT2D eigenvalue weighted by Crippen LogP contribution is -2.11. The van der Waals surface area contributed by atoms with Gasteiger partial charge in [0.2, 0.25) is 0 Å². The molecule has 0 bridgehead atoms. The highest BCUT2D eigenvalue weighted by Crippen LogP contribution is 2.15. The van der Waals surface area contributed by atoms with Gasteiger partial charge in [0.15, 0.2) is 5.78 Å². The summed E-state index contributed by atoms with van der Waals surface area (Å²) in [6, 6.07) is 5.27. The minimum absolute atomic E-state index is 0.0189. The third-order valence-electron chi connectivity index (χ3n) is 2.58. The fourth-order valence-electron chi connectivity index (χ4n) is 1.52. The molecule has 5 nitrogen and oxygen atoms in total. The predicted octanol–water partition coefficient (Wildman–Crippen LogP) is 2.46. The smallest absolute Gasteiger partial charge is 0.294 e. The molecule has 106 valence electrons. The van der Waals surface area contributed by atoms with Gasteiger partial charge in [0.25, 0.3) is 10.1 Å². The Morgan fingerprint density at radius 1 is 1.21 bits per heavy atom. The van der Waals surface area contributed by atoms with Crippen molar-refractivity contribution in [3.05, 3.63) is 24.3 Å². The normalized spacial score (nSPS) is 11.3. The molecule has 0 amide bonds. The number of rotatable bonds is 8. The monoisotopic (exact) mass is 286 g/mol. The third kappa shape index (κ3) is 5.85. The van der Waals surface area contributed by atoms with Gasteiger partial charge in [-0.05, 0) is 30.7 Å². The molecule has 0 unspecified atom stereocenters. The summed E-state index contributed by atoms with van der Waals surface area (Å²) >= 11 is 0. The van der Waals surface area contributed by atoms with E-state index in [0.717, 1.165) is 19.3 Å². The van der Waals surface area contributed by atoms with Crippen molar-refractivity contribution in [1.82, 2.24) is 0 Å². The second kappa shape index (κ2) is 7.25. The van der Waals surface area contributed by atoms with E-state index in [1.165, 1.54) is 24.3 Å². The molecule has 19 heavy (non-hydrogen) atoms. The Morgan fingerprint density at radius 2 is 1.84 bits per heavy atom. The first kappa shape index (κ1) is 15.7. The van der Waals surface area contributed by atoms with Crippen LogP contribution in [-0.4, -0.2) is 25.4 Å². The van der Waals surface area contributed by atoms with Gasteiger partial charge in [-0.1, -0.05) is 19.8 Å². The summed E-state index contributed by atoms with van der Waals surface area (Å²) in [7, 11) is -4.19. The van der Waals surface area contributed by atoms with Crippen molar-refractivity contribution in [3.63, 3.8) is 0 Å². The van der Waals surface area contributed by atoms with Crippen molar-refractivity contribution in [3.8, 4) is 5.75 Å². The maximum Gasteiger partial charge on any atom is 0.294 e. The molecule has 0 spiro atoms. The van der Waals surface area contributed by atoms with Crippen molar-refractivity contribution in [2.24, 2.45) is 0 Å². The third-order valence-corrected chi connectivity index (χ3v) is 3.45. The van der Waals surface area contributed by atoms with Crippen molar-refractivity contribution >= 4 is 15.9 Å². The van der Waals surface area contributed by atoms with E-state index in [1.807, 2.05) is 0 Å². The highest BCUT2D eigenvalue weighted by molar-refractivity contribution is 7.85. The van der Waals surface area contributed by atoms with Gasteiger partial charge in [-0.15, -0.1) is 0 Å². The van der Waals surface area contributed by atoms with Crippen LogP contribution in [0.15, 0.2) is 29.2 Å². The Balaban J connectivity index is 2.44. The van der Waals surface area contributed by atoms with Crippen LogP contribution in [0.1, 0.15) is 32.6 Å². The Hall–Kier alpha value is -1.40. The molecule has 0 aliphatic rings. The standard InChI is InChI=1S/C13H18O5S/c1-2-3-4-5-11(14)10-18-12-6-8-13(9-7-12)19(15,16)17/h6-9H,2-5,10H2,1H3,(H,15,16,17). The average Bonchev–Trinajstić information content (AvgIpc) is 2.36. The van der Waals surface area contributed by atoms with Crippen LogP contribution >= 0.6 is 0 Å². The first-order valence-corrected chi connectivity index (χ1v) is 7.59. The lowest BCUT2D eigenvalue weighted by molar-refractivity contribution is -0.121. The largest absolute Gasteiger partial charge is 0.486 e. The van der Waals surface area contributed by atoms with Gasteiger partial charge in [0, 0.05) is 6.42 Å². The molecular formula is C13H18O5S. The molecule has 0 fully saturated rings. The van der Waals surface area contributed by atoms with E-state index in [4.69, 9.17) is 9.29 Å². The number of ether oxygens (including phenoxy) is 1. The minimum Gasteiger partial charge on any atom is -0.486 e. The maximum atomic E-state index is 11.5. The SMILES string of the molecule is CCCCCC(=O)COc1ccc(S(=O)(=O)O)cc1. The van der Waals surface area contributed by atoms with E-state index in [2.05, 4.69) is 6.92 Å². The minimum atomic E-state index is -4.19. The van der Waals surface area contributed by atoms with Gasteiger partial charge in [0.05, 0.1) is 4.90 Å². The van der Waals surface area contributed by atoms with Crippen molar-refractivity contribution < 1.29 is 22.5 Å². The molecule has 0 heterocycles. The number of carbonyl (C=O) groups excluding carboxylic acids is 1. The first-order valence-electron chi connectivity index (χ1n) is 6.15. The fourth-order valence-corrected chi connectivity index (χ4v) is 2.00. The van der Waals surface area contributed by atoms with Crippen LogP contribution in [0.4, 0.5) is 0 Å². The van der Waals surface area contributed by atoms with E-state index in [1.54, 1.807) is 0 Å².